The van der Waals surface area contributed by atoms with Crippen LogP contribution >= 0.6 is 0 Å². The average molecular weight is 227 g/mol. The van der Waals surface area contributed by atoms with Crippen LogP contribution in [0.3, 0.4) is 0 Å². The monoisotopic (exact) mass is 227 g/mol. The van der Waals surface area contributed by atoms with Crippen molar-refractivity contribution >= 4 is 6.09 Å². The van der Waals surface area contributed by atoms with Gasteiger partial charge in [-0.2, -0.15) is 0 Å². The first-order chi connectivity index (χ1) is 7.38. The lowest BCUT2D eigenvalue weighted by Gasteiger charge is -2.19. The van der Waals surface area contributed by atoms with Crippen molar-refractivity contribution in [1.29, 1.82) is 0 Å². The van der Waals surface area contributed by atoms with Crippen LogP contribution in [-0.2, 0) is 18.2 Å². The first-order valence-electron chi connectivity index (χ1n) is 5.06. The highest BCUT2D eigenvalue weighted by Gasteiger charge is 2.15. The number of carbonyl (C=O) groups excluding carboxylic acids is 1. The van der Waals surface area contributed by atoms with Gasteiger partial charge in [-0.25, -0.2) is 9.48 Å². The van der Waals surface area contributed by atoms with Crippen LogP contribution in [0.2, 0.25) is 0 Å². The number of hydrogen-bond acceptors (Lipinski definition) is 5. The van der Waals surface area contributed by atoms with Crippen LogP contribution in [0.4, 0.5) is 4.79 Å². The number of aromatic nitrogens is 4. The Balaban J connectivity index is 2.26. The maximum Gasteiger partial charge on any atom is 0.407 e. The lowest BCUT2D eigenvalue weighted by molar-refractivity contribution is 0.0528. The minimum Gasteiger partial charge on any atom is -0.444 e. The quantitative estimate of drug-likeness (QED) is 0.801. The first kappa shape index (κ1) is 12.4. The number of tetrazole rings is 1. The lowest BCUT2D eigenvalue weighted by Crippen LogP contribution is -2.33. The Labute approximate surface area is 94.2 Å². The van der Waals surface area contributed by atoms with Gasteiger partial charge in [-0.1, -0.05) is 0 Å². The average Bonchev–Trinajstić information content (AvgIpc) is 2.48. The van der Waals surface area contributed by atoms with Crippen LogP contribution in [0.25, 0.3) is 0 Å². The topological polar surface area (TPSA) is 81.9 Å². The molecule has 0 radical (unpaired) electrons. The van der Waals surface area contributed by atoms with Gasteiger partial charge in [0.25, 0.3) is 0 Å². The molecule has 0 saturated heterocycles. The number of ether oxygens (including phenoxy) is 1. The van der Waals surface area contributed by atoms with Crippen LogP contribution in [0.1, 0.15) is 26.6 Å². The summed E-state index contributed by atoms with van der Waals surface area (Å²) >= 11 is 0. The molecule has 90 valence electrons. The summed E-state index contributed by atoms with van der Waals surface area (Å²) in [6.07, 6.45) is 0.144. The molecule has 1 heterocycles. The van der Waals surface area contributed by atoms with Gasteiger partial charge in [0.2, 0.25) is 0 Å². The lowest BCUT2D eigenvalue weighted by atomic mass is 10.2. The van der Waals surface area contributed by atoms with Crippen LogP contribution in [0.15, 0.2) is 0 Å². The van der Waals surface area contributed by atoms with Gasteiger partial charge < -0.3 is 10.1 Å². The fourth-order valence-electron chi connectivity index (χ4n) is 1.05. The SMILES string of the molecule is Cn1nnnc1CCNC(=O)OC(C)(C)C. The zero-order chi connectivity index (χ0) is 12.2. The highest BCUT2D eigenvalue weighted by molar-refractivity contribution is 5.67. The summed E-state index contributed by atoms with van der Waals surface area (Å²) in [5.74, 6) is 0.719. The number of nitrogens with one attached hydrogen (secondary N) is 1. The van der Waals surface area contributed by atoms with Crippen molar-refractivity contribution in [1.82, 2.24) is 25.5 Å². The Morgan fingerprint density at radius 1 is 1.50 bits per heavy atom. The number of carbonyl (C=O) groups is 1. The number of aryl methyl sites for hydroxylation is 1. The van der Waals surface area contributed by atoms with E-state index in [2.05, 4.69) is 20.8 Å². The summed E-state index contributed by atoms with van der Waals surface area (Å²) in [5, 5.41) is 13.6. The fraction of sp³-hybridized carbons (Fsp3) is 0.778. The maximum absolute atomic E-state index is 11.3. The molecule has 16 heavy (non-hydrogen) atoms. The molecule has 1 amide bonds. The van der Waals surface area contributed by atoms with Crippen molar-refractivity contribution in [2.24, 2.45) is 7.05 Å². The summed E-state index contributed by atoms with van der Waals surface area (Å²) in [6.45, 7) is 5.90. The molecule has 1 aromatic heterocycles. The minimum atomic E-state index is -0.476. The minimum absolute atomic E-state index is 0.428. The third kappa shape index (κ3) is 4.24. The molecule has 7 heteroatoms. The van der Waals surface area contributed by atoms with Gasteiger partial charge in [0.1, 0.15) is 5.60 Å². The summed E-state index contributed by atoms with van der Waals surface area (Å²) in [5.41, 5.74) is -0.476. The summed E-state index contributed by atoms with van der Waals surface area (Å²) in [4.78, 5) is 11.3. The van der Waals surface area contributed by atoms with E-state index in [1.807, 2.05) is 20.8 Å². The van der Waals surface area contributed by atoms with Crippen LogP contribution in [-0.4, -0.2) is 38.4 Å². The van der Waals surface area contributed by atoms with E-state index in [0.29, 0.717) is 13.0 Å². The second kappa shape index (κ2) is 4.91. The zero-order valence-electron chi connectivity index (χ0n) is 10.0. The number of rotatable bonds is 3. The molecule has 1 rings (SSSR count). The summed E-state index contributed by atoms with van der Waals surface area (Å²) < 4.78 is 6.65. The second-order valence-corrected chi connectivity index (χ2v) is 4.40. The third-order valence-corrected chi connectivity index (χ3v) is 1.72. The molecule has 0 unspecified atom stereocenters. The number of nitrogens with zero attached hydrogens (tertiary/aromatic N) is 4. The van der Waals surface area contributed by atoms with Gasteiger partial charge in [-0.05, 0) is 31.2 Å². The second-order valence-electron chi connectivity index (χ2n) is 4.40. The predicted octanol–water partition coefficient (Wildman–Crippen LogP) is 0.277. The van der Waals surface area contributed by atoms with Crippen LogP contribution < -0.4 is 5.32 Å². The van der Waals surface area contributed by atoms with Crippen molar-refractivity contribution in [2.45, 2.75) is 32.8 Å². The van der Waals surface area contributed by atoms with E-state index in [0.717, 1.165) is 5.82 Å². The van der Waals surface area contributed by atoms with E-state index < -0.39 is 11.7 Å². The van der Waals surface area contributed by atoms with Crippen LogP contribution in [0.5, 0.6) is 0 Å². The highest BCUT2D eigenvalue weighted by Crippen LogP contribution is 2.06. The van der Waals surface area contributed by atoms with Crippen molar-refractivity contribution in [3.63, 3.8) is 0 Å². The maximum atomic E-state index is 11.3. The van der Waals surface area contributed by atoms with Gasteiger partial charge in [0.05, 0.1) is 0 Å². The van der Waals surface area contributed by atoms with Gasteiger partial charge in [-0.15, -0.1) is 5.10 Å². The van der Waals surface area contributed by atoms with Crippen LogP contribution in [0, 0.1) is 0 Å². The van der Waals surface area contributed by atoms with Crippen molar-refractivity contribution < 1.29 is 9.53 Å². The van der Waals surface area contributed by atoms with E-state index in [4.69, 9.17) is 4.74 Å². The van der Waals surface area contributed by atoms with Crippen molar-refractivity contribution in [3.8, 4) is 0 Å². The molecule has 7 nitrogen and oxygen atoms in total. The van der Waals surface area contributed by atoms with Crippen molar-refractivity contribution in [2.75, 3.05) is 6.54 Å². The predicted molar refractivity (Wildman–Crippen MR) is 56.7 cm³/mol. The molecule has 0 aliphatic heterocycles. The molecule has 0 spiro atoms. The Morgan fingerprint density at radius 3 is 2.69 bits per heavy atom. The number of alkyl carbamates (subject to hydrolysis) is 1. The Kier molecular flexibility index (Phi) is 3.81. The molecule has 0 fully saturated rings. The van der Waals surface area contributed by atoms with Gasteiger partial charge in [0.15, 0.2) is 5.82 Å². The Hall–Kier alpha value is -1.66. The first-order valence-corrected chi connectivity index (χ1v) is 5.06. The molecule has 0 aromatic carbocycles. The summed E-state index contributed by atoms with van der Waals surface area (Å²) in [7, 11) is 1.75. The number of amides is 1. The largest absolute Gasteiger partial charge is 0.444 e. The zero-order valence-corrected chi connectivity index (χ0v) is 10.0. The van der Waals surface area contributed by atoms with Gasteiger partial charge in [0, 0.05) is 20.0 Å². The highest BCUT2D eigenvalue weighted by atomic mass is 16.6. The normalized spacial score (nSPS) is 11.2. The molecule has 1 aromatic rings. The molecule has 0 atom stereocenters. The van der Waals surface area contributed by atoms with E-state index in [9.17, 15) is 4.79 Å². The smallest absolute Gasteiger partial charge is 0.407 e. The molecule has 1 N–H and O–H groups in total. The van der Waals surface area contributed by atoms with E-state index in [-0.39, 0.29) is 0 Å². The van der Waals surface area contributed by atoms with E-state index >= 15 is 0 Å². The standard InChI is InChI=1S/C9H17N5O2/c1-9(2,3)16-8(15)10-6-5-7-11-12-13-14(7)4/h5-6H2,1-4H3,(H,10,15). The summed E-state index contributed by atoms with van der Waals surface area (Å²) in [6, 6.07) is 0. The van der Waals surface area contributed by atoms with Gasteiger partial charge >= 0.3 is 6.09 Å². The third-order valence-electron chi connectivity index (χ3n) is 1.72. The molecule has 0 aliphatic carbocycles. The Bertz CT molecular complexity index is 355. The van der Waals surface area contributed by atoms with Crippen molar-refractivity contribution in [3.05, 3.63) is 5.82 Å². The molecule has 0 aliphatic rings. The van der Waals surface area contributed by atoms with Gasteiger partial charge in [-0.3, -0.25) is 0 Å². The molecular formula is C9H17N5O2. The Morgan fingerprint density at radius 2 is 2.19 bits per heavy atom. The molecule has 0 saturated carbocycles. The molecule has 0 bridgehead atoms. The van der Waals surface area contributed by atoms with E-state index in [1.165, 1.54) is 0 Å². The van der Waals surface area contributed by atoms with E-state index in [1.54, 1.807) is 11.7 Å². The number of hydrogen-bond donors (Lipinski definition) is 1. The molecular weight excluding hydrogens is 210 g/mol. The fourth-order valence-corrected chi connectivity index (χ4v) is 1.05.